The van der Waals surface area contributed by atoms with E-state index >= 15 is 0 Å². The lowest BCUT2D eigenvalue weighted by Crippen LogP contribution is -2.42. The SMILES string of the molecule is C[C@H](NC(=O)CS(=O)(=O)C1CCCC1)C(=O)O. The van der Waals surface area contributed by atoms with Crippen molar-refractivity contribution >= 4 is 21.7 Å². The number of hydrogen-bond donors (Lipinski definition) is 2. The van der Waals surface area contributed by atoms with Crippen LogP contribution in [0.2, 0.25) is 0 Å². The first-order valence-electron chi connectivity index (χ1n) is 5.56. The highest BCUT2D eigenvalue weighted by Crippen LogP contribution is 2.25. The molecule has 2 N–H and O–H groups in total. The summed E-state index contributed by atoms with van der Waals surface area (Å²) in [6.07, 6.45) is 2.95. The van der Waals surface area contributed by atoms with E-state index in [1.807, 2.05) is 0 Å². The number of sulfone groups is 1. The summed E-state index contributed by atoms with van der Waals surface area (Å²) in [7, 11) is -3.44. The Kier molecular flexibility index (Phi) is 4.50. The van der Waals surface area contributed by atoms with E-state index in [1.54, 1.807) is 0 Å². The summed E-state index contributed by atoms with van der Waals surface area (Å²) in [6.45, 7) is 1.29. The van der Waals surface area contributed by atoms with Crippen molar-refractivity contribution in [3.8, 4) is 0 Å². The van der Waals surface area contributed by atoms with Gasteiger partial charge in [0, 0.05) is 0 Å². The van der Waals surface area contributed by atoms with Crippen LogP contribution in [0.4, 0.5) is 0 Å². The van der Waals surface area contributed by atoms with E-state index in [1.165, 1.54) is 6.92 Å². The molecule has 0 saturated heterocycles. The van der Waals surface area contributed by atoms with Gasteiger partial charge in [-0.25, -0.2) is 8.42 Å². The zero-order valence-electron chi connectivity index (χ0n) is 9.68. The molecule has 1 fully saturated rings. The Morgan fingerprint density at radius 2 is 1.88 bits per heavy atom. The Hall–Kier alpha value is -1.11. The number of aliphatic carboxylic acids is 1. The third kappa shape index (κ3) is 3.99. The minimum Gasteiger partial charge on any atom is -0.480 e. The topological polar surface area (TPSA) is 101 Å². The van der Waals surface area contributed by atoms with Crippen molar-refractivity contribution in [2.24, 2.45) is 0 Å². The van der Waals surface area contributed by atoms with Crippen molar-refractivity contribution in [1.82, 2.24) is 5.32 Å². The number of carboxylic acid groups (broad SMARTS) is 1. The molecule has 1 rings (SSSR count). The van der Waals surface area contributed by atoms with Crippen molar-refractivity contribution in [2.75, 3.05) is 5.75 Å². The van der Waals surface area contributed by atoms with Crippen LogP contribution < -0.4 is 5.32 Å². The van der Waals surface area contributed by atoms with Crippen LogP contribution in [0.15, 0.2) is 0 Å². The van der Waals surface area contributed by atoms with Crippen molar-refractivity contribution in [3.63, 3.8) is 0 Å². The van der Waals surface area contributed by atoms with Gasteiger partial charge >= 0.3 is 5.97 Å². The van der Waals surface area contributed by atoms with E-state index in [0.29, 0.717) is 12.8 Å². The summed E-state index contributed by atoms with van der Waals surface area (Å²) in [4.78, 5) is 21.9. The normalized spacial score (nSPS) is 18.9. The van der Waals surface area contributed by atoms with Crippen molar-refractivity contribution in [1.29, 1.82) is 0 Å². The molecule has 1 amide bonds. The summed E-state index contributed by atoms with van der Waals surface area (Å²) < 4.78 is 23.6. The van der Waals surface area contributed by atoms with Crippen LogP contribution in [0.1, 0.15) is 32.6 Å². The number of rotatable bonds is 5. The van der Waals surface area contributed by atoms with E-state index in [9.17, 15) is 18.0 Å². The Labute approximate surface area is 100 Å². The fraction of sp³-hybridized carbons (Fsp3) is 0.800. The second-order valence-electron chi connectivity index (χ2n) is 4.34. The van der Waals surface area contributed by atoms with Crippen molar-refractivity contribution in [2.45, 2.75) is 43.9 Å². The Morgan fingerprint density at radius 3 is 2.35 bits per heavy atom. The lowest BCUT2D eigenvalue weighted by atomic mass is 10.3. The number of nitrogens with one attached hydrogen (secondary N) is 1. The summed E-state index contributed by atoms with van der Waals surface area (Å²) >= 11 is 0. The molecule has 0 aromatic rings. The second-order valence-corrected chi connectivity index (χ2v) is 6.62. The highest BCUT2D eigenvalue weighted by molar-refractivity contribution is 7.92. The number of carbonyl (C=O) groups is 2. The minimum absolute atomic E-state index is 0.437. The highest BCUT2D eigenvalue weighted by atomic mass is 32.2. The third-order valence-electron chi connectivity index (χ3n) is 2.89. The standard InChI is InChI=1S/C10H17NO5S/c1-7(10(13)14)11-9(12)6-17(15,16)8-4-2-3-5-8/h7-8H,2-6H2,1H3,(H,11,12)(H,13,14)/t7-/m0/s1. The molecule has 0 aliphatic heterocycles. The van der Waals surface area contributed by atoms with Crippen LogP contribution in [0, 0.1) is 0 Å². The minimum atomic E-state index is -3.44. The van der Waals surface area contributed by atoms with Gasteiger partial charge in [-0.2, -0.15) is 0 Å². The van der Waals surface area contributed by atoms with Crippen LogP contribution >= 0.6 is 0 Å². The molecule has 0 heterocycles. The van der Waals surface area contributed by atoms with E-state index < -0.39 is 38.8 Å². The Balaban J connectivity index is 2.53. The lowest BCUT2D eigenvalue weighted by Gasteiger charge is -2.12. The molecule has 17 heavy (non-hydrogen) atoms. The monoisotopic (exact) mass is 263 g/mol. The van der Waals surface area contributed by atoms with Gasteiger partial charge in [0.15, 0.2) is 9.84 Å². The van der Waals surface area contributed by atoms with Crippen LogP contribution in [0.5, 0.6) is 0 Å². The van der Waals surface area contributed by atoms with E-state index in [-0.39, 0.29) is 0 Å². The average molecular weight is 263 g/mol. The molecule has 1 saturated carbocycles. The molecule has 6 nitrogen and oxygen atoms in total. The highest BCUT2D eigenvalue weighted by Gasteiger charge is 2.31. The molecule has 98 valence electrons. The fourth-order valence-corrected chi connectivity index (χ4v) is 3.63. The molecule has 0 radical (unpaired) electrons. The number of amides is 1. The predicted molar refractivity (Wildman–Crippen MR) is 61.3 cm³/mol. The van der Waals surface area contributed by atoms with Crippen molar-refractivity contribution in [3.05, 3.63) is 0 Å². The lowest BCUT2D eigenvalue weighted by molar-refractivity contribution is -0.140. The number of carbonyl (C=O) groups excluding carboxylic acids is 1. The van der Waals surface area contributed by atoms with E-state index in [2.05, 4.69) is 5.32 Å². The van der Waals surface area contributed by atoms with E-state index in [4.69, 9.17) is 5.11 Å². The molecule has 1 atom stereocenters. The molecule has 0 unspecified atom stereocenters. The van der Waals surface area contributed by atoms with Crippen molar-refractivity contribution < 1.29 is 23.1 Å². The zero-order chi connectivity index (χ0) is 13.1. The molecule has 0 spiro atoms. The van der Waals surface area contributed by atoms with Gasteiger partial charge in [-0.15, -0.1) is 0 Å². The van der Waals surface area contributed by atoms with Crippen LogP contribution in [0.3, 0.4) is 0 Å². The van der Waals surface area contributed by atoms with Gasteiger partial charge in [-0.3, -0.25) is 9.59 Å². The molecule has 0 aromatic heterocycles. The number of hydrogen-bond acceptors (Lipinski definition) is 4. The van der Waals surface area contributed by atoms with Gasteiger partial charge in [-0.05, 0) is 19.8 Å². The summed E-state index contributed by atoms with van der Waals surface area (Å²) in [5, 5.41) is 10.3. The molecular weight excluding hydrogens is 246 g/mol. The van der Waals surface area contributed by atoms with Gasteiger partial charge in [0.1, 0.15) is 11.8 Å². The number of carboxylic acids is 1. The largest absolute Gasteiger partial charge is 0.480 e. The average Bonchev–Trinajstić information content (AvgIpc) is 2.69. The first kappa shape index (κ1) is 14.0. The Bertz CT molecular complexity index is 397. The Morgan fingerprint density at radius 1 is 1.35 bits per heavy atom. The third-order valence-corrected chi connectivity index (χ3v) is 5.04. The first-order chi connectivity index (χ1) is 7.83. The van der Waals surface area contributed by atoms with Gasteiger partial charge in [0.25, 0.3) is 0 Å². The fourth-order valence-electron chi connectivity index (χ4n) is 1.89. The van der Waals surface area contributed by atoms with E-state index in [0.717, 1.165) is 12.8 Å². The van der Waals surface area contributed by atoms with Crippen LogP contribution in [0.25, 0.3) is 0 Å². The molecular formula is C10H17NO5S. The van der Waals surface area contributed by atoms with Crippen LogP contribution in [-0.4, -0.2) is 42.4 Å². The maximum atomic E-state index is 11.8. The van der Waals surface area contributed by atoms with Gasteiger partial charge in [0.05, 0.1) is 5.25 Å². The zero-order valence-corrected chi connectivity index (χ0v) is 10.5. The smallest absolute Gasteiger partial charge is 0.325 e. The quantitative estimate of drug-likeness (QED) is 0.723. The molecule has 7 heteroatoms. The maximum Gasteiger partial charge on any atom is 0.325 e. The summed E-state index contributed by atoms with van der Waals surface area (Å²) in [5.41, 5.74) is 0. The molecule has 0 aromatic carbocycles. The molecule has 1 aliphatic carbocycles. The van der Waals surface area contributed by atoms with Gasteiger partial charge < -0.3 is 10.4 Å². The van der Waals surface area contributed by atoms with Crippen LogP contribution in [-0.2, 0) is 19.4 Å². The maximum absolute atomic E-state index is 11.8. The summed E-state index contributed by atoms with van der Waals surface area (Å²) in [6, 6.07) is -1.07. The molecule has 0 bridgehead atoms. The molecule has 1 aliphatic rings. The van der Waals surface area contributed by atoms with Gasteiger partial charge in [-0.1, -0.05) is 12.8 Å². The predicted octanol–water partition coefficient (Wildman–Crippen LogP) is -0.0669. The summed E-state index contributed by atoms with van der Waals surface area (Å²) in [5.74, 6) is -2.54. The van der Waals surface area contributed by atoms with Gasteiger partial charge in [0.2, 0.25) is 5.91 Å². The first-order valence-corrected chi connectivity index (χ1v) is 7.28. The second kappa shape index (κ2) is 5.48.